The van der Waals surface area contributed by atoms with Gasteiger partial charge < -0.3 is 0 Å². The molecule has 0 saturated heterocycles. The number of halogens is 1. The van der Waals surface area contributed by atoms with Crippen LogP contribution in [-0.2, 0) is 0 Å². The second-order valence-corrected chi connectivity index (χ2v) is 9.68. The van der Waals surface area contributed by atoms with Crippen LogP contribution in [0.25, 0.3) is 5.57 Å². The molecule has 0 bridgehead atoms. The fourth-order valence-electron chi connectivity index (χ4n) is 4.96. The van der Waals surface area contributed by atoms with Crippen LogP contribution >= 0.6 is 15.9 Å². The Labute approximate surface area is 175 Å². The van der Waals surface area contributed by atoms with Gasteiger partial charge in [-0.2, -0.15) is 0 Å². The minimum Gasteiger partial charge on any atom is -0.0802 e. The summed E-state index contributed by atoms with van der Waals surface area (Å²) >= 11 is 3.53. The lowest BCUT2D eigenvalue weighted by molar-refractivity contribution is 0.218. The smallest absolute Gasteiger partial charge is 0.0175 e. The van der Waals surface area contributed by atoms with E-state index in [0.717, 1.165) is 22.2 Å². The number of rotatable bonds is 9. The lowest BCUT2D eigenvalue weighted by atomic mass is 9.72. The van der Waals surface area contributed by atoms with E-state index in [-0.39, 0.29) is 0 Å². The van der Waals surface area contributed by atoms with E-state index in [9.17, 15) is 0 Å². The zero-order valence-electron chi connectivity index (χ0n) is 17.1. The third kappa shape index (κ3) is 6.63. The molecule has 1 aromatic carbocycles. The summed E-state index contributed by atoms with van der Waals surface area (Å²) in [7, 11) is 0. The zero-order chi connectivity index (χ0) is 18.9. The zero-order valence-corrected chi connectivity index (χ0v) is 18.7. The van der Waals surface area contributed by atoms with Crippen molar-refractivity contribution < 1.29 is 0 Å². The summed E-state index contributed by atoms with van der Waals surface area (Å²) < 4.78 is 1.15. The van der Waals surface area contributed by atoms with Gasteiger partial charge in [0, 0.05) is 4.47 Å². The van der Waals surface area contributed by atoms with Gasteiger partial charge in [-0.05, 0) is 60.3 Å². The molecule has 2 aliphatic carbocycles. The summed E-state index contributed by atoms with van der Waals surface area (Å²) in [5.41, 5.74) is 2.74. The quantitative estimate of drug-likeness (QED) is 0.344. The molecule has 1 aromatic rings. The molecule has 2 aliphatic rings. The predicted molar refractivity (Wildman–Crippen MR) is 123 cm³/mol. The fourth-order valence-corrected chi connectivity index (χ4v) is 5.23. The molecular formula is C26H37Br. The standard InChI is InChI=1S/C26H37Br/c1-2-3-4-5-6-7-8-21-9-11-22(12-10-21)23-13-15-24(16-14-23)25-17-19-26(27)20-18-25/h13,15-23H,2-12,14H2,1H3. The van der Waals surface area contributed by atoms with Gasteiger partial charge in [-0.25, -0.2) is 0 Å². The topological polar surface area (TPSA) is 0 Å². The second-order valence-electron chi connectivity index (χ2n) is 8.76. The molecule has 0 spiro atoms. The molecule has 3 rings (SSSR count). The van der Waals surface area contributed by atoms with E-state index in [1.165, 1.54) is 88.2 Å². The molecule has 0 amide bonds. The Morgan fingerprint density at radius 1 is 0.889 bits per heavy atom. The minimum absolute atomic E-state index is 0.777. The molecule has 27 heavy (non-hydrogen) atoms. The molecule has 1 heteroatoms. The molecule has 0 radical (unpaired) electrons. The Morgan fingerprint density at radius 2 is 1.59 bits per heavy atom. The molecule has 0 aliphatic heterocycles. The van der Waals surface area contributed by atoms with Crippen molar-refractivity contribution in [2.45, 2.75) is 84.0 Å². The summed E-state index contributed by atoms with van der Waals surface area (Å²) in [5, 5.41) is 0. The number of benzene rings is 1. The number of unbranched alkanes of at least 4 members (excludes halogenated alkanes) is 5. The summed E-state index contributed by atoms with van der Waals surface area (Å²) in [6.45, 7) is 2.30. The molecule has 1 fully saturated rings. The lowest BCUT2D eigenvalue weighted by Crippen LogP contribution is -2.21. The van der Waals surface area contributed by atoms with Gasteiger partial charge in [0.1, 0.15) is 0 Å². The van der Waals surface area contributed by atoms with E-state index in [2.05, 4.69) is 65.3 Å². The maximum absolute atomic E-state index is 3.53. The summed E-state index contributed by atoms with van der Waals surface area (Å²) in [4.78, 5) is 0. The van der Waals surface area contributed by atoms with Gasteiger partial charge in [0.15, 0.2) is 0 Å². The highest BCUT2D eigenvalue weighted by Crippen LogP contribution is 2.39. The highest BCUT2D eigenvalue weighted by Gasteiger charge is 2.26. The average molecular weight is 429 g/mol. The lowest BCUT2D eigenvalue weighted by Gasteiger charge is -2.33. The van der Waals surface area contributed by atoms with Crippen molar-refractivity contribution in [1.82, 2.24) is 0 Å². The van der Waals surface area contributed by atoms with E-state index in [1.54, 1.807) is 0 Å². The third-order valence-electron chi connectivity index (χ3n) is 6.77. The summed E-state index contributed by atoms with van der Waals surface area (Å²) in [6, 6.07) is 8.71. The first-order chi connectivity index (χ1) is 13.3. The van der Waals surface area contributed by atoms with E-state index < -0.39 is 0 Å². The first-order valence-corrected chi connectivity index (χ1v) is 12.2. The first-order valence-electron chi connectivity index (χ1n) is 11.4. The van der Waals surface area contributed by atoms with Crippen molar-refractivity contribution in [3.05, 3.63) is 52.5 Å². The maximum atomic E-state index is 3.53. The highest BCUT2D eigenvalue weighted by atomic mass is 79.9. The molecule has 148 valence electrons. The largest absolute Gasteiger partial charge is 0.0802 e. The number of allylic oxidation sites excluding steroid dienone is 4. The maximum Gasteiger partial charge on any atom is 0.0175 e. The van der Waals surface area contributed by atoms with Crippen molar-refractivity contribution in [3.8, 4) is 0 Å². The van der Waals surface area contributed by atoms with Crippen LogP contribution in [0.5, 0.6) is 0 Å². The van der Waals surface area contributed by atoms with Gasteiger partial charge >= 0.3 is 0 Å². The minimum atomic E-state index is 0.777. The first kappa shape index (κ1) is 20.9. The number of hydrogen-bond donors (Lipinski definition) is 0. The predicted octanol–water partition coefficient (Wildman–Crippen LogP) is 8.97. The van der Waals surface area contributed by atoms with Crippen molar-refractivity contribution in [3.63, 3.8) is 0 Å². The van der Waals surface area contributed by atoms with Crippen LogP contribution in [0.2, 0.25) is 0 Å². The molecule has 0 heterocycles. The highest BCUT2D eigenvalue weighted by molar-refractivity contribution is 9.10. The van der Waals surface area contributed by atoms with E-state index in [0.29, 0.717) is 0 Å². The van der Waals surface area contributed by atoms with E-state index in [1.807, 2.05) is 0 Å². The van der Waals surface area contributed by atoms with Crippen LogP contribution in [0.3, 0.4) is 0 Å². The van der Waals surface area contributed by atoms with Crippen molar-refractivity contribution in [1.29, 1.82) is 0 Å². The van der Waals surface area contributed by atoms with Crippen LogP contribution in [0.4, 0.5) is 0 Å². The second kappa shape index (κ2) is 11.2. The molecule has 0 aromatic heterocycles. The van der Waals surface area contributed by atoms with Crippen LogP contribution in [0, 0.1) is 17.8 Å². The Hall–Kier alpha value is -0.820. The van der Waals surface area contributed by atoms with Crippen molar-refractivity contribution in [2.24, 2.45) is 17.8 Å². The number of hydrogen-bond acceptors (Lipinski definition) is 0. The van der Waals surface area contributed by atoms with Gasteiger partial charge in [0.25, 0.3) is 0 Å². The van der Waals surface area contributed by atoms with Gasteiger partial charge in [0.05, 0.1) is 0 Å². The molecule has 1 saturated carbocycles. The summed E-state index contributed by atoms with van der Waals surface area (Å²) in [6.07, 6.45) is 24.6. The SMILES string of the molecule is CCCCCCCCC1CCC(C2C=CC(c3ccc(Br)cc3)=CC2)CC1. The fraction of sp³-hybridized carbons (Fsp3) is 0.615. The van der Waals surface area contributed by atoms with Gasteiger partial charge in [0.2, 0.25) is 0 Å². The molecular weight excluding hydrogens is 392 g/mol. The van der Waals surface area contributed by atoms with Crippen LogP contribution in [0.1, 0.15) is 89.5 Å². The van der Waals surface area contributed by atoms with E-state index in [4.69, 9.17) is 0 Å². The third-order valence-corrected chi connectivity index (χ3v) is 7.30. The van der Waals surface area contributed by atoms with Gasteiger partial charge in [-0.3, -0.25) is 0 Å². The van der Waals surface area contributed by atoms with Crippen LogP contribution in [0.15, 0.2) is 47.0 Å². The monoisotopic (exact) mass is 428 g/mol. The van der Waals surface area contributed by atoms with Crippen molar-refractivity contribution in [2.75, 3.05) is 0 Å². The van der Waals surface area contributed by atoms with Crippen LogP contribution in [-0.4, -0.2) is 0 Å². The van der Waals surface area contributed by atoms with Crippen LogP contribution < -0.4 is 0 Å². The average Bonchev–Trinajstić information content (AvgIpc) is 2.72. The Kier molecular flexibility index (Phi) is 8.71. The Bertz CT molecular complexity index is 602. The normalized spacial score (nSPS) is 25.4. The molecule has 1 unspecified atom stereocenters. The Balaban J connectivity index is 1.36. The van der Waals surface area contributed by atoms with E-state index >= 15 is 0 Å². The molecule has 0 N–H and O–H groups in total. The molecule has 0 nitrogen and oxygen atoms in total. The van der Waals surface area contributed by atoms with Gasteiger partial charge in [-0.1, -0.05) is 111 Å². The van der Waals surface area contributed by atoms with Crippen molar-refractivity contribution >= 4 is 21.5 Å². The Morgan fingerprint density at radius 3 is 2.26 bits per heavy atom. The summed E-state index contributed by atoms with van der Waals surface area (Å²) in [5.74, 6) is 2.72. The van der Waals surface area contributed by atoms with Gasteiger partial charge in [-0.15, -0.1) is 0 Å². The molecule has 1 atom stereocenters.